The molecule has 0 bridgehead atoms. The Labute approximate surface area is 152 Å². The van der Waals surface area contributed by atoms with Crippen LogP contribution in [-0.2, 0) is 4.79 Å². The number of anilines is 1. The minimum atomic E-state index is -0.142. The van der Waals surface area contributed by atoms with Crippen LogP contribution in [0.25, 0.3) is 11.3 Å². The van der Waals surface area contributed by atoms with Gasteiger partial charge in [-0.25, -0.2) is 4.98 Å². The van der Waals surface area contributed by atoms with Crippen LogP contribution in [0.1, 0.15) is 19.0 Å². The van der Waals surface area contributed by atoms with Gasteiger partial charge >= 0.3 is 0 Å². The molecular weight excluding hydrogens is 330 g/mol. The summed E-state index contributed by atoms with van der Waals surface area (Å²) in [5.41, 5.74) is 2.81. The van der Waals surface area contributed by atoms with Gasteiger partial charge in [-0.2, -0.15) is 0 Å². The maximum Gasteiger partial charge on any atom is 0.271 e. The number of aromatic amines is 1. The number of aryl methyl sites for hydroxylation is 1. The molecule has 1 fully saturated rings. The standard InChI is InChI=1S/C19H23N5O2/c1-4-6-24(15-11-23(12-15)18(25)5-2)17-7-14(9-21-19(17)26)16-10-20-8-13(3)22-16/h5,7-10,15H,2,4,6,11-12H2,1,3H3,(H,21,26). The third-order valence-corrected chi connectivity index (χ3v) is 4.50. The first-order valence-electron chi connectivity index (χ1n) is 8.73. The van der Waals surface area contributed by atoms with Crippen molar-refractivity contribution < 1.29 is 4.79 Å². The molecule has 1 aliphatic rings. The van der Waals surface area contributed by atoms with E-state index >= 15 is 0 Å². The van der Waals surface area contributed by atoms with Crippen molar-refractivity contribution in [1.82, 2.24) is 19.9 Å². The molecule has 7 nitrogen and oxygen atoms in total. The summed E-state index contributed by atoms with van der Waals surface area (Å²) in [5, 5.41) is 0. The summed E-state index contributed by atoms with van der Waals surface area (Å²) in [6, 6.07) is 1.98. The molecule has 3 heterocycles. The van der Waals surface area contributed by atoms with Crippen LogP contribution in [0.5, 0.6) is 0 Å². The molecule has 7 heteroatoms. The number of hydrogen-bond donors (Lipinski definition) is 1. The van der Waals surface area contributed by atoms with Crippen molar-refractivity contribution in [3.8, 4) is 11.3 Å². The highest BCUT2D eigenvalue weighted by molar-refractivity contribution is 5.87. The summed E-state index contributed by atoms with van der Waals surface area (Å²) < 4.78 is 0. The first-order valence-corrected chi connectivity index (χ1v) is 8.73. The van der Waals surface area contributed by atoms with E-state index in [0.29, 0.717) is 18.8 Å². The van der Waals surface area contributed by atoms with Gasteiger partial charge in [-0.3, -0.25) is 14.6 Å². The minimum Gasteiger partial charge on any atom is -0.361 e. The second-order valence-electron chi connectivity index (χ2n) is 6.44. The molecule has 26 heavy (non-hydrogen) atoms. The number of pyridine rings is 1. The van der Waals surface area contributed by atoms with Crippen LogP contribution in [0.4, 0.5) is 5.69 Å². The first kappa shape index (κ1) is 17.8. The average molecular weight is 353 g/mol. The monoisotopic (exact) mass is 353 g/mol. The van der Waals surface area contributed by atoms with Gasteiger partial charge in [-0.15, -0.1) is 0 Å². The van der Waals surface area contributed by atoms with Crippen molar-refractivity contribution in [2.24, 2.45) is 0 Å². The fraction of sp³-hybridized carbons (Fsp3) is 0.368. The Morgan fingerprint density at radius 2 is 2.23 bits per heavy atom. The van der Waals surface area contributed by atoms with E-state index in [-0.39, 0.29) is 17.5 Å². The second kappa shape index (κ2) is 7.51. The van der Waals surface area contributed by atoms with Crippen molar-refractivity contribution in [1.29, 1.82) is 0 Å². The van der Waals surface area contributed by atoms with Crippen molar-refractivity contribution in [3.63, 3.8) is 0 Å². The molecule has 0 aromatic carbocycles. The summed E-state index contributed by atoms with van der Waals surface area (Å²) in [6.45, 7) is 9.41. The Kier molecular flexibility index (Phi) is 5.16. The zero-order valence-electron chi connectivity index (χ0n) is 15.1. The van der Waals surface area contributed by atoms with E-state index in [0.717, 1.165) is 29.9 Å². The molecule has 3 rings (SSSR count). The molecule has 1 N–H and O–H groups in total. The smallest absolute Gasteiger partial charge is 0.271 e. The summed E-state index contributed by atoms with van der Waals surface area (Å²) in [7, 11) is 0. The minimum absolute atomic E-state index is 0.0737. The Balaban J connectivity index is 1.90. The van der Waals surface area contributed by atoms with Crippen molar-refractivity contribution in [3.05, 3.63) is 53.4 Å². The van der Waals surface area contributed by atoms with Crippen molar-refractivity contribution in [2.75, 3.05) is 24.5 Å². The van der Waals surface area contributed by atoms with E-state index in [9.17, 15) is 9.59 Å². The molecule has 136 valence electrons. The zero-order valence-corrected chi connectivity index (χ0v) is 15.1. The molecular formula is C19H23N5O2. The maximum atomic E-state index is 12.5. The molecule has 0 unspecified atom stereocenters. The van der Waals surface area contributed by atoms with E-state index in [2.05, 4.69) is 33.4 Å². The summed E-state index contributed by atoms with van der Waals surface area (Å²) in [6.07, 6.45) is 7.26. The van der Waals surface area contributed by atoms with Crippen LogP contribution in [0, 0.1) is 6.92 Å². The quantitative estimate of drug-likeness (QED) is 0.800. The van der Waals surface area contributed by atoms with Crippen molar-refractivity contribution >= 4 is 11.6 Å². The van der Waals surface area contributed by atoms with Crippen molar-refractivity contribution in [2.45, 2.75) is 26.3 Å². The average Bonchev–Trinajstić information content (AvgIpc) is 2.60. The number of nitrogens with zero attached hydrogens (tertiary/aromatic N) is 4. The van der Waals surface area contributed by atoms with Gasteiger partial charge in [0.05, 0.1) is 23.6 Å². The Morgan fingerprint density at radius 3 is 2.88 bits per heavy atom. The fourth-order valence-electron chi connectivity index (χ4n) is 3.14. The van der Waals surface area contributed by atoms with Crippen LogP contribution in [0.3, 0.4) is 0 Å². The Morgan fingerprint density at radius 1 is 1.46 bits per heavy atom. The van der Waals surface area contributed by atoms with Gasteiger partial charge in [0.2, 0.25) is 5.91 Å². The third kappa shape index (κ3) is 3.51. The molecule has 0 spiro atoms. The van der Waals surface area contributed by atoms with E-state index in [1.54, 1.807) is 23.5 Å². The highest BCUT2D eigenvalue weighted by atomic mass is 16.2. The normalized spacial score (nSPS) is 14.0. The van der Waals surface area contributed by atoms with E-state index in [1.165, 1.54) is 6.08 Å². The summed E-state index contributed by atoms with van der Waals surface area (Å²) in [5.74, 6) is -0.0737. The lowest BCUT2D eigenvalue weighted by Crippen LogP contribution is -2.61. The summed E-state index contributed by atoms with van der Waals surface area (Å²) in [4.78, 5) is 39.4. The highest BCUT2D eigenvalue weighted by Crippen LogP contribution is 2.24. The van der Waals surface area contributed by atoms with Gasteiger partial charge in [0.15, 0.2) is 0 Å². The van der Waals surface area contributed by atoms with E-state index in [1.807, 2.05) is 13.0 Å². The van der Waals surface area contributed by atoms with E-state index < -0.39 is 0 Å². The zero-order chi connectivity index (χ0) is 18.7. The molecule has 2 aromatic rings. The fourth-order valence-corrected chi connectivity index (χ4v) is 3.14. The predicted octanol–water partition coefficient (Wildman–Crippen LogP) is 1.75. The molecule has 1 saturated heterocycles. The lowest BCUT2D eigenvalue weighted by atomic mass is 10.0. The number of hydrogen-bond acceptors (Lipinski definition) is 5. The Bertz CT molecular complexity index is 870. The number of likely N-dealkylation sites (tertiary alicyclic amines) is 1. The third-order valence-electron chi connectivity index (χ3n) is 4.50. The van der Waals surface area contributed by atoms with Gasteiger partial charge in [-0.05, 0) is 25.5 Å². The number of carbonyl (C=O) groups is 1. The number of amides is 1. The number of rotatable bonds is 6. The van der Waals surface area contributed by atoms with Gasteiger partial charge in [0.25, 0.3) is 5.56 Å². The van der Waals surface area contributed by atoms with Gasteiger partial charge in [0.1, 0.15) is 5.69 Å². The van der Waals surface area contributed by atoms with Gasteiger partial charge < -0.3 is 14.8 Å². The highest BCUT2D eigenvalue weighted by Gasteiger charge is 2.34. The molecule has 0 saturated carbocycles. The lowest BCUT2D eigenvalue weighted by Gasteiger charge is -2.45. The number of aromatic nitrogens is 3. The largest absolute Gasteiger partial charge is 0.361 e. The predicted molar refractivity (Wildman–Crippen MR) is 101 cm³/mol. The SMILES string of the molecule is C=CC(=O)N1CC(N(CCC)c2cc(-c3cncc(C)n3)c[nH]c2=O)C1. The molecule has 0 atom stereocenters. The number of carbonyl (C=O) groups excluding carboxylic acids is 1. The molecule has 0 radical (unpaired) electrons. The topological polar surface area (TPSA) is 82.2 Å². The van der Waals surface area contributed by atoms with Crippen LogP contribution in [-0.4, -0.2) is 51.4 Å². The lowest BCUT2D eigenvalue weighted by molar-refractivity contribution is -0.130. The van der Waals surface area contributed by atoms with Crippen LogP contribution in [0.15, 0.2) is 42.1 Å². The Hall–Kier alpha value is -2.96. The van der Waals surface area contributed by atoms with E-state index in [4.69, 9.17) is 0 Å². The van der Waals surface area contributed by atoms with Gasteiger partial charge in [-0.1, -0.05) is 13.5 Å². The molecule has 0 aliphatic carbocycles. The molecule has 1 aliphatic heterocycles. The maximum absolute atomic E-state index is 12.5. The number of H-pyrrole nitrogens is 1. The van der Waals surface area contributed by atoms with Crippen LogP contribution in [0.2, 0.25) is 0 Å². The van der Waals surface area contributed by atoms with Crippen LogP contribution < -0.4 is 10.5 Å². The second-order valence-corrected chi connectivity index (χ2v) is 6.44. The first-order chi connectivity index (χ1) is 12.5. The van der Waals surface area contributed by atoms with Crippen LogP contribution >= 0.6 is 0 Å². The van der Waals surface area contributed by atoms with Gasteiger partial charge in [0, 0.05) is 37.6 Å². The number of nitrogens with one attached hydrogen (secondary N) is 1. The molecule has 1 amide bonds. The molecule has 2 aromatic heterocycles. The summed E-state index contributed by atoms with van der Waals surface area (Å²) >= 11 is 0.